The van der Waals surface area contributed by atoms with Gasteiger partial charge in [0.05, 0.1) is 29.3 Å². The van der Waals surface area contributed by atoms with Crippen molar-refractivity contribution < 1.29 is 19.4 Å². The van der Waals surface area contributed by atoms with Gasteiger partial charge in [-0.15, -0.1) is 11.6 Å². The summed E-state index contributed by atoms with van der Waals surface area (Å²) in [5, 5.41) is 11.4. The molecule has 1 saturated heterocycles. The number of pyridine rings is 1. The molecule has 0 saturated carbocycles. The Kier molecular flexibility index (Phi) is 5.28. The number of carboxylic acids is 1. The lowest BCUT2D eigenvalue weighted by atomic mass is 9.93. The fourth-order valence-electron chi connectivity index (χ4n) is 4.53. The predicted molar refractivity (Wildman–Crippen MR) is 114 cm³/mol. The summed E-state index contributed by atoms with van der Waals surface area (Å²) in [7, 11) is 1.66. The number of halogens is 1. The Bertz CT molecular complexity index is 1050. The molecule has 7 nitrogen and oxygen atoms in total. The van der Waals surface area contributed by atoms with E-state index in [1.54, 1.807) is 11.8 Å². The topological polar surface area (TPSA) is 81.0 Å². The van der Waals surface area contributed by atoms with Gasteiger partial charge in [-0.05, 0) is 44.0 Å². The van der Waals surface area contributed by atoms with Crippen LogP contribution in [-0.4, -0.2) is 47.0 Å². The van der Waals surface area contributed by atoms with E-state index in [9.17, 15) is 14.7 Å². The largest absolute Gasteiger partial charge is 0.493 e. The standard InChI is InChI=1S/C22H25ClN2O5/c1-22(2)11-17(23)20-15-9-13(30-8-4-7-29-3)5-6-14(15)18-10-19(26)16(21(27)28)12-24(18)25(20)22/h5-6,9-10,12,17,20H,4,7-8,11H2,1-3H3,(H,27,28). The van der Waals surface area contributed by atoms with E-state index in [1.165, 1.54) is 12.3 Å². The lowest BCUT2D eigenvalue weighted by molar-refractivity contribution is 0.0694. The van der Waals surface area contributed by atoms with E-state index >= 15 is 0 Å². The SMILES string of the molecule is COCCCOc1ccc2c(c1)C1C(Cl)CC(C)(C)N1n1cc(C(=O)O)c(=O)cc1-2. The second kappa shape index (κ2) is 7.63. The Morgan fingerprint density at radius 1 is 1.30 bits per heavy atom. The molecule has 1 N–H and O–H groups in total. The zero-order valence-electron chi connectivity index (χ0n) is 17.2. The van der Waals surface area contributed by atoms with Crippen molar-refractivity contribution in [3.8, 4) is 17.0 Å². The maximum absolute atomic E-state index is 12.5. The summed E-state index contributed by atoms with van der Waals surface area (Å²) in [6, 6.07) is 6.99. The monoisotopic (exact) mass is 432 g/mol. The average Bonchev–Trinajstić information content (AvgIpc) is 2.93. The summed E-state index contributed by atoms with van der Waals surface area (Å²) in [6.45, 7) is 5.30. The summed E-state index contributed by atoms with van der Waals surface area (Å²) in [4.78, 5) is 24.0. The van der Waals surface area contributed by atoms with Crippen LogP contribution >= 0.6 is 11.6 Å². The number of carboxylic acid groups (broad SMARTS) is 1. The van der Waals surface area contributed by atoms with Crippen molar-refractivity contribution in [1.29, 1.82) is 0 Å². The lowest BCUT2D eigenvalue weighted by Gasteiger charge is -2.44. The molecule has 2 aliphatic heterocycles. The van der Waals surface area contributed by atoms with Gasteiger partial charge in [-0.3, -0.25) is 14.5 Å². The number of alkyl halides is 1. The molecule has 1 fully saturated rings. The number of aromatic nitrogens is 1. The zero-order valence-corrected chi connectivity index (χ0v) is 18.0. The molecule has 2 atom stereocenters. The Balaban J connectivity index is 1.85. The van der Waals surface area contributed by atoms with Gasteiger partial charge in [0, 0.05) is 38.0 Å². The molecule has 0 spiro atoms. The summed E-state index contributed by atoms with van der Waals surface area (Å²) < 4.78 is 12.7. The Hall–Kier alpha value is -2.51. The first kappa shape index (κ1) is 20.8. The molecule has 8 heteroatoms. The minimum absolute atomic E-state index is 0.171. The number of fused-ring (bicyclic) bond motifs is 6. The third-order valence-corrected chi connectivity index (χ3v) is 6.19. The molecule has 2 aliphatic rings. The third kappa shape index (κ3) is 3.36. The van der Waals surface area contributed by atoms with Crippen LogP contribution in [0.25, 0.3) is 11.3 Å². The lowest BCUT2D eigenvalue weighted by Crippen LogP contribution is -2.50. The molecule has 1 aromatic heterocycles. The second-order valence-corrected chi connectivity index (χ2v) is 8.91. The molecule has 160 valence electrons. The molecule has 2 aromatic rings. The predicted octanol–water partition coefficient (Wildman–Crippen LogP) is 3.41. The molecule has 0 aliphatic carbocycles. The van der Waals surface area contributed by atoms with Gasteiger partial charge in [-0.25, -0.2) is 4.79 Å². The van der Waals surface area contributed by atoms with Gasteiger partial charge >= 0.3 is 5.97 Å². The second-order valence-electron chi connectivity index (χ2n) is 8.35. The van der Waals surface area contributed by atoms with Crippen molar-refractivity contribution in [3.63, 3.8) is 0 Å². The summed E-state index contributed by atoms with van der Waals surface area (Å²) in [6.07, 6.45) is 2.91. The number of aromatic carboxylic acids is 1. The number of nitrogens with zero attached hydrogens (tertiary/aromatic N) is 2. The number of ether oxygens (including phenoxy) is 2. The normalized spacial score (nSPS) is 21.0. The number of rotatable bonds is 6. The number of hydrogen-bond donors (Lipinski definition) is 1. The van der Waals surface area contributed by atoms with Crippen LogP contribution in [0.15, 0.2) is 35.3 Å². The van der Waals surface area contributed by atoms with Gasteiger partial charge in [-0.2, -0.15) is 0 Å². The quantitative estimate of drug-likeness (QED) is 0.556. The van der Waals surface area contributed by atoms with E-state index in [1.807, 2.05) is 18.2 Å². The first-order valence-corrected chi connectivity index (χ1v) is 10.4. The number of hydrogen-bond acceptors (Lipinski definition) is 5. The van der Waals surface area contributed by atoms with Crippen molar-refractivity contribution in [3.05, 3.63) is 51.8 Å². The van der Waals surface area contributed by atoms with Crippen LogP contribution < -0.4 is 15.2 Å². The van der Waals surface area contributed by atoms with E-state index in [0.29, 0.717) is 25.3 Å². The first-order valence-electron chi connectivity index (χ1n) is 9.94. The molecule has 4 rings (SSSR count). The smallest absolute Gasteiger partial charge is 0.341 e. The molecule has 30 heavy (non-hydrogen) atoms. The van der Waals surface area contributed by atoms with Crippen LogP contribution in [0, 0.1) is 0 Å². The molecular formula is C22H25ClN2O5. The first-order chi connectivity index (χ1) is 14.2. The number of carbonyl (C=O) groups is 1. The Morgan fingerprint density at radius 3 is 2.77 bits per heavy atom. The highest BCUT2D eigenvalue weighted by Crippen LogP contribution is 2.50. The highest BCUT2D eigenvalue weighted by molar-refractivity contribution is 6.21. The van der Waals surface area contributed by atoms with E-state index in [0.717, 1.165) is 23.3 Å². The minimum Gasteiger partial charge on any atom is -0.493 e. The fourth-order valence-corrected chi connectivity index (χ4v) is 5.15. The van der Waals surface area contributed by atoms with Crippen LogP contribution in [0.2, 0.25) is 0 Å². The maximum atomic E-state index is 12.5. The van der Waals surface area contributed by atoms with Gasteiger partial charge in [0.15, 0.2) is 5.43 Å². The zero-order chi connectivity index (χ0) is 21.6. The number of benzene rings is 1. The van der Waals surface area contributed by atoms with Crippen LogP contribution in [0.5, 0.6) is 5.75 Å². The van der Waals surface area contributed by atoms with E-state index in [2.05, 4.69) is 18.9 Å². The van der Waals surface area contributed by atoms with Crippen LogP contribution in [0.3, 0.4) is 0 Å². The van der Waals surface area contributed by atoms with Crippen molar-refractivity contribution in [2.24, 2.45) is 0 Å². The third-order valence-electron chi connectivity index (χ3n) is 5.79. The molecule has 0 amide bonds. The molecule has 3 heterocycles. The molecule has 0 bridgehead atoms. The average molecular weight is 433 g/mol. The van der Waals surface area contributed by atoms with E-state index in [-0.39, 0.29) is 22.5 Å². The van der Waals surface area contributed by atoms with Gasteiger partial charge in [0.2, 0.25) is 0 Å². The van der Waals surface area contributed by atoms with Gasteiger partial charge in [-0.1, -0.05) is 0 Å². The van der Waals surface area contributed by atoms with Crippen LogP contribution in [-0.2, 0) is 4.74 Å². The van der Waals surface area contributed by atoms with Crippen LogP contribution in [0.1, 0.15) is 48.7 Å². The highest BCUT2D eigenvalue weighted by Gasteiger charge is 2.50. The number of methoxy groups -OCH3 is 1. The summed E-state index contributed by atoms with van der Waals surface area (Å²) in [5.41, 5.74) is 1.39. The molecular weight excluding hydrogens is 408 g/mol. The Labute approximate surface area is 179 Å². The highest BCUT2D eigenvalue weighted by atomic mass is 35.5. The minimum atomic E-state index is -1.24. The molecule has 1 aromatic carbocycles. The van der Waals surface area contributed by atoms with Crippen molar-refractivity contribution in [2.75, 3.05) is 25.3 Å². The van der Waals surface area contributed by atoms with Gasteiger partial charge in [0.25, 0.3) is 0 Å². The van der Waals surface area contributed by atoms with Gasteiger partial charge in [0.1, 0.15) is 11.3 Å². The van der Waals surface area contributed by atoms with Crippen molar-refractivity contribution in [2.45, 2.75) is 43.6 Å². The van der Waals surface area contributed by atoms with Crippen molar-refractivity contribution >= 4 is 17.6 Å². The molecule has 0 radical (unpaired) electrons. The van der Waals surface area contributed by atoms with Crippen molar-refractivity contribution in [1.82, 2.24) is 4.68 Å². The Morgan fingerprint density at radius 2 is 2.07 bits per heavy atom. The maximum Gasteiger partial charge on any atom is 0.341 e. The van der Waals surface area contributed by atoms with E-state index in [4.69, 9.17) is 21.1 Å². The van der Waals surface area contributed by atoms with Crippen LogP contribution in [0.4, 0.5) is 0 Å². The molecule has 2 unspecified atom stereocenters. The fraction of sp³-hybridized carbons (Fsp3) is 0.455. The summed E-state index contributed by atoms with van der Waals surface area (Å²) in [5.74, 6) is -0.506. The van der Waals surface area contributed by atoms with E-state index < -0.39 is 11.4 Å². The van der Waals surface area contributed by atoms with Gasteiger partial charge < -0.3 is 14.6 Å². The summed E-state index contributed by atoms with van der Waals surface area (Å²) >= 11 is 6.81.